The average Bonchev–Trinajstić information content (AvgIpc) is 2.25. The van der Waals surface area contributed by atoms with Gasteiger partial charge in [0.1, 0.15) is 24.4 Å². The van der Waals surface area contributed by atoms with Crippen LogP contribution in [0.2, 0.25) is 0 Å². The molecule has 0 saturated carbocycles. The Kier molecular flexibility index (Phi) is 4.87. The summed E-state index contributed by atoms with van der Waals surface area (Å²) in [5.41, 5.74) is 5.20. The molecule has 7 heteroatoms. The fraction of sp³-hybridized carbons (Fsp3) is 1.00. The topological polar surface area (TPSA) is 125 Å². The lowest BCUT2D eigenvalue weighted by molar-refractivity contribution is -0.300. The Hall–Kier alpha value is -0.280. The van der Waals surface area contributed by atoms with Gasteiger partial charge in [0, 0.05) is 6.54 Å². The monoisotopic (exact) mass is 223 g/mol. The van der Waals surface area contributed by atoms with E-state index in [4.69, 9.17) is 20.3 Å². The van der Waals surface area contributed by atoms with Gasteiger partial charge in [-0.05, 0) is 0 Å². The first-order valence-electron chi connectivity index (χ1n) is 4.74. The van der Waals surface area contributed by atoms with Crippen molar-refractivity contribution >= 4 is 0 Å². The highest BCUT2D eigenvalue weighted by Crippen LogP contribution is 2.21. The van der Waals surface area contributed by atoms with E-state index in [9.17, 15) is 15.3 Å². The lowest BCUT2D eigenvalue weighted by Gasteiger charge is -2.39. The van der Waals surface area contributed by atoms with Crippen molar-refractivity contribution < 1.29 is 29.9 Å². The van der Waals surface area contributed by atoms with Crippen LogP contribution in [0.1, 0.15) is 0 Å². The van der Waals surface area contributed by atoms with Crippen LogP contribution in [-0.4, -0.2) is 70.9 Å². The van der Waals surface area contributed by atoms with Gasteiger partial charge >= 0.3 is 0 Å². The summed E-state index contributed by atoms with van der Waals surface area (Å²) in [5, 5.41) is 37.1. The van der Waals surface area contributed by atoms with E-state index in [-0.39, 0.29) is 13.2 Å². The molecule has 1 aliphatic heterocycles. The van der Waals surface area contributed by atoms with E-state index in [1.54, 1.807) is 0 Å². The summed E-state index contributed by atoms with van der Waals surface area (Å²) in [6.07, 6.45) is -6.13. The maximum absolute atomic E-state index is 9.47. The lowest BCUT2D eigenvalue weighted by atomic mass is 9.99. The molecule has 0 spiro atoms. The highest BCUT2D eigenvalue weighted by molar-refractivity contribution is 4.88. The van der Waals surface area contributed by atoms with Crippen LogP contribution in [0.3, 0.4) is 0 Å². The number of aliphatic hydroxyl groups is 4. The first-order chi connectivity index (χ1) is 7.11. The summed E-state index contributed by atoms with van der Waals surface area (Å²) in [6, 6.07) is 0. The number of aliphatic hydroxyl groups excluding tert-OH is 4. The smallest absolute Gasteiger partial charge is 0.186 e. The average molecular weight is 223 g/mol. The summed E-state index contributed by atoms with van der Waals surface area (Å²) in [7, 11) is 0. The van der Waals surface area contributed by atoms with Crippen LogP contribution in [0.15, 0.2) is 0 Å². The SMILES string of the molecule is NCCO[C@@H]1OC(CO)[C@H](O)[C@H](O)C1O. The van der Waals surface area contributed by atoms with E-state index in [0.717, 1.165) is 0 Å². The zero-order valence-corrected chi connectivity index (χ0v) is 8.19. The molecule has 0 amide bonds. The number of ether oxygens (including phenoxy) is 2. The van der Waals surface area contributed by atoms with E-state index < -0.39 is 37.3 Å². The van der Waals surface area contributed by atoms with Crippen LogP contribution in [-0.2, 0) is 9.47 Å². The zero-order chi connectivity index (χ0) is 11.4. The molecule has 0 aromatic rings. The largest absolute Gasteiger partial charge is 0.394 e. The van der Waals surface area contributed by atoms with Crippen molar-refractivity contribution in [1.29, 1.82) is 0 Å². The molecule has 1 aliphatic rings. The van der Waals surface area contributed by atoms with Gasteiger partial charge in [-0.25, -0.2) is 0 Å². The molecule has 0 aromatic heterocycles. The van der Waals surface area contributed by atoms with Gasteiger partial charge in [-0.15, -0.1) is 0 Å². The fourth-order valence-electron chi connectivity index (χ4n) is 1.39. The van der Waals surface area contributed by atoms with Crippen molar-refractivity contribution in [2.45, 2.75) is 30.7 Å². The van der Waals surface area contributed by atoms with Crippen LogP contribution < -0.4 is 5.73 Å². The molecule has 0 bridgehead atoms. The first-order valence-corrected chi connectivity index (χ1v) is 4.74. The van der Waals surface area contributed by atoms with E-state index in [1.807, 2.05) is 0 Å². The molecule has 2 unspecified atom stereocenters. The second kappa shape index (κ2) is 5.71. The minimum Gasteiger partial charge on any atom is -0.394 e. The Labute approximate surface area is 87.0 Å². The second-order valence-corrected chi connectivity index (χ2v) is 3.36. The van der Waals surface area contributed by atoms with Crippen molar-refractivity contribution in [2.24, 2.45) is 5.73 Å². The van der Waals surface area contributed by atoms with Crippen molar-refractivity contribution in [3.8, 4) is 0 Å². The number of hydrogen-bond acceptors (Lipinski definition) is 7. The first kappa shape index (κ1) is 12.8. The van der Waals surface area contributed by atoms with E-state index in [2.05, 4.69) is 0 Å². The molecule has 1 saturated heterocycles. The summed E-state index contributed by atoms with van der Waals surface area (Å²) < 4.78 is 10.1. The molecule has 0 aliphatic carbocycles. The van der Waals surface area contributed by atoms with Crippen LogP contribution >= 0.6 is 0 Å². The van der Waals surface area contributed by atoms with Crippen LogP contribution in [0.4, 0.5) is 0 Å². The highest BCUT2D eigenvalue weighted by atomic mass is 16.7. The Morgan fingerprint density at radius 2 is 1.80 bits per heavy atom. The number of hydrogen-bond donors (Lipinski definition) is 5. The van der Waals surface area contributed by atoms with E-state index >= 15 is 0 Å². The molecule has 5 atom stereocenters. The number of nitrogens with two attached hydrogens (primary N) is 1. The van der Waals surface area contributed by atoms with E-state index in [0.29, 0.717) is 0 Å². The molecule has 7 nitrogen and oxygen atoms in total. The van der Waals surface area contributed by atoms with Gasteiger partial charge in [-0.2, -0.15) is 0 Å². The third kappa shape index (κ3) is 2.85. The standard InChI is InChI=1S/C8H17NO6/c9-1-2-14-8-7(13)6(12)5(11)4(3-10)15-8/h4-8,10-13H,1-3,9H2/t4?,5-,6-,7?,8+/m0/s1. The fourth-order valence-corrected chi connectivity index (χ4v) is 1.39. The van der Waals surface area contributed by atoms with Crippen molar-refractivity contribution in [3.63, 3.8) is 0 Å². The molecule has 1 rings (SSSR count). The minimum absolute atomic E-state index is 0.155. The van der Waals surface area contributed by atoms with Gasteiger partial charge in [-0.1, -0.05) is 0 Å². The maximum atomic E-state index is 9.47. The maximum Gasteiger partial charge on any atom is 0.186 e. The van der Waals surface area contributed by atoms with Crippen LogP contribution in [0, 0.1) is 0 Å². The summed E-state index contributed by atoms with van der Waals surface area (Å²) in [4.78, 5) is 0. The zero-order valence-electron chi connectivity index (χ0n) is 8.19. The van der Waals surface area contributed by atoms with Gasteiger partial charge in [0.25, 0.3) is 0 Å². The van der Waals surface area contributed by atoms with Crippen molar-refractivity contribution in [1.82, 2.24) is 0 Å². The second-order valence-electron chi connectivity index (χ2n) is 3.36. The Morgan fingerprint density at radius 3 is 2.33 bits per heavy atom. The van der Waals surface area contributed by atoms with Gasteiger partial charge < -0.3 is 35.6 Å². The molecule has 0 aromatic carbocycles. The Morgan fingerprint density at radius 1 is 1.13 bits per heavy atom. The van der Waals surface area contributed by atoms with Crippen LogP contribution in [0.5, 0.6) is 0 Å². The molecular formula is C8H17NO6. The molecule has 1 fully saturated rings. The van der Waals surface area contributed by atoms with Gasteiger partial charge in [0.05, 0.1) is 13.2 Å². The Balaban J connectivity index is 2.57. The van der Waals surface area contributed by atoms with Crippen molar-refractivity contribution in [3.05, 3.63) is 0 Å². The van der Waals surface area contributed by atoms with Crippen molar-refractivity contribution in [2.75, 3.05) is 19.8 Å². The highest BCUT2D eigenvalue weighted by Gasteiger charge is 2.43. The van der Waals surface area contributed by atoms with Crippen LogP contribution in [0.25, 0.3) is 0 Å². The summed E-state index contributed by atoms with van der Waals surface area (Å²) in [6.45, 7) is -0.0643. The third-order valence-electron chi connectivity index (χ3n) is 2.25. The normalized spacial score (nSPS) is 41.8. The number of rotatable bonds is 4. The van der Waals surface area contributed by atoms with Gasteiger partial charge in [0.2, 0.25) is 0 Å². The molecule has 90 valence electrons. The lowest BCUT2D eigenvalue weighted by Crippen LogP contribution is -2.59. The van der Waals surface area contributed by atoms with Gasteiger partial charge in [0.15, 0.2) is 6.29 Å². The quantitative estimate of drug-likeness (QED) is 0.339. The molecule has 15 heavy (non-hydrogen) atoms. The molecular weight excluding hydrogens is 206 g/mol. The molecule has 1 heterocycles. The van der Waals surface area contributed by atoms with Gasteiger partial charge in [-0.3, -0.25) is 0 Å². The summed E-state index contributed by atoms with van der Waals surface area (Å²) >= 11 is 0. The Bertz CT molecular complexity index is 190. The summed E-state index contributed by atoms with van der Waals surface area (Å²) in [5.74, 6) is 0. The predicted molar refractivity (Wildman–Crippen MR) is 48.8 cm³/mol. The minimum atomic E-state index is -1.40. The molecule has 0 radical (unpaired) electrons. The third-order valence-corrected chi connectivity index (χ3v) is 2.25. The predicted octanol–water partition coefficient (Wildman–Crippen LogP) is -3.24. The molecule has 6 N–H and O–H groups in total. The van der Waals surface area contributed by atoms with E-state index in [1.165, 1.54) is 0 Å².